The number of amides is 1. The van der Waals surface area contributed by atoms with Crippen molar-refractivity contribution in [1.82, 2.24) is 29.8 Å². The van der Waals surface area contributed by atoms with Crippen LogP contribution in [0.5, 0.6) is 0 Å². The van der Waals surface area contributed by atoms with Gasteiger partial charge in [-0.25, -0.2) is 9.50 Å². The van der Waals surface area contributed by atoms with Crippen LogP contribution >= 0.6 is 0 Å². The van der Waals surface area contributed by atoms with E-state index in [2.05, 4.69) is 37.4 Å². The SMILES string of the molecule is Cc1nc2nc(C(F)(F)F)nn2c(C)c1CC(=O)NCc1ccc(CN2CCCC2)cc1. The Hall–Kier alpha value is -3.01. The molecule has 2 aromatic heterocycles. The molecule has 1 aliphatic heterocycles. The van der Waals surface area contributed by atoms with E-state index in [9.17, 15) is 18.0 Å². The molecule has 0 bridgehead atoms. The van der Waals surface area contributed by atoms with E-state index in [1.165, 1.54) is 18.4 Å². The highest BCUT2D eigenvalue weighted by atomic mass is 19.4. The van der Waals surface area contributed by atoms with E-state index in [0.29, 0.717) is 23.5 Å². The lowest BCUT2D eigenvalue weighted by atomic mass is 10.1. The summed E-state index contributed by atoms with van der Waals surface area (Å²) in [6.45, 7) is 6.86. The summed E-state index contributed by atoms with van der Waals surface area (Å²) >= 11 is 0. The average Bonchev–Trinajstić information content (AvgIpc) is 3.40. The van der Waals surface area contributed by atoms with Crippen molar-refractivity contribution in [3.8, 4) is 0 Å². The Labute approximate surface area is 183 Å². The third-order valence-electron chi connectivity index (χ3n) is 5.76. The van der Waals surface area contributed by atoms with Crippen LogP contribution < -0.4 is 5.32 Å². The quantitative estimate of drug-likeness (QED) is 0.629. The van der Waals surface area contributed by atoms with Crippen LogP contribution in [0.15, 0.2) is 24.3 Å². The van der Waals surface area contributed by atoms with Crippen molar-refractivity contribution in [3.63, 3.8) is 0 Å². The molecule has 1 saturated heterocycles. The summed E-state index contributed by atoms with van der Waals surface area (Å²) < 4.78 is 39.8. The first kappa shape index (κ1) is 22.2. The standard InChI is InChI=1S/C22H25F3N6O/c1-14-18(15(2)31-21(27-14)28-20(29-31)22(23,24)25)11-19(32)26-12-16-5-7-17(8-6-16)13-30-9-3-4-10-30/h5-8H,3-4,9-13H2,1-2H3,(H,26,32). The molecule has 3 heterocycles. The van der Waals surface area contributed by atoms with Crippen molar-refractivity contribution in [2.75, 3.05) is 13.1 Å². The van der Waals surface area contributed by atoms with Crippen molar-refractivity contribution in [1.29, 1.82) is 0 Å². The van der Waals surface area contributed by atoms with Gasteiger partial charge in [-0.3, -0.25) is 9.69 Å². The third-order valence-corrected chi connectivity index (χ3v) is 5.76. The zero-order valence-corrected chi connectivity index (χ0v) is 18.0. The van der Waals surface area contributed by atoms with Crippen molar-refractivity contribution < 1.29 is 18.0 Å². The molecule has 1 aliphatic rings. The number of benzene rings is 1. The number of alkyl halides is 3. The lowest BCUT2D eigenvalue weighted by Crippen LogP contribution is -2.26. The van der Waals surface area contributed by atoms with E-state index in [0.717, 1.165) is 29.7 Å². The fourth-order valence-electron chi connectivity index (χ4n) is 3.97. The van der Waals surface area contributed by atoms with E-state index < -0.39 is 12.0 Å². The molecule has 1 amide bonds. The fourth-order valence-corrected chi connectivity index (χ4v) is 3.97. The van der Waals surface area contributed by atoms with Gasteiger partial charge < -0.3 is 5.32 Å². The molecule has 0 atom stereocenters. The molecule has 0 aliphatic carbocycles. The van der Waals surface area contributed by atoms with Crippen LogP contribution in [0.25, 0.3) is 5.78 Å². The van der Waals surface area contributed by atoms with Crippen molar-refractivity contribution >= 4 is 11.7 Å². The highest BCUT2D eigenvalue weighted by Crippen LogP contribution is 2.27. The second-order valence-corrected chi connectivity index (χ2v) is 8.16. The maximum Gasteiger partial charge on any atom is 0.453 e. The summed E-state index contributed by atoms with van der Waals surface area (Å²) in [7, 11) is 0. The van der Waals surface area contributed by atoms with Crippen molar-refractivity contribution in [2.24, 2.45) is 0 Å². The lowest BCUT2D eigenvalue weighted by molar-refractivity contribution is -0.144. The molecule has 1 N–H and O–H groups in total. The minimum absolute atomic E-state index is 0.00510. The van der Waals surface area contributed by atoms with Crippen LogP contribution in [-0.2, 0) is 30.5 Å². The Morgan fingerprint density at radius 1 is 1.06 bits per heavy atom. The summed E-state index contributed by atoms with van der Waals surface area (Å²) in [5.41, 5.74) is 3.64. The summed E-state index contributed by atoms with van der Waals surface area (Å²) in [5.74, 6) is -1.62. The number of carbonyl (C=O) groups is 1. The average molecular weight is 446 g/mol. The van der Waals surface area contributed by atoms with Gasteiger partial charge in [-0.1, -0.05) is 24.3 Å². The van der Waals surface area contributed by atoms with Crippen molar-refractivity contribution in [3.05, 3.63) is 58.2 Å². The van der Waals surface area contributed by atoms with Gasteiger partial charge in [-0.15, -0.1) is 5.10 Å². The zero-order chi connectivity index (χ0) is 22.9. The number of nitrogens with zero attached hydrogens (tertiary/aromatic N) is 5. The van der Waals surface area contributed by atoms with Gasteiger partial charge in [0, 0.05) is 30.0 Å². The van der Waals surface area contributed by atoms with E-state index >= 15 is 0 Å². The zero-order valence-electron chi connectivity index (χ0n) is 18.0. The van der Waals surface area contributed by atoms with E-state index in [-0.39, 0.29) is 18.1 Å². The van der Waals surface area contributed by atoms with Gasteiger partial charge in [-0.2, -0.15) is 18.2 Å². The molecule has 3 aromatic rings. The molecular weight excluding hydrogens is 421 g/mol. The Bertz CT molecular complexity index is 1120. The topological polar surface area (TPSA) is 75.4 Å². The molecule has 10 heteroatoms. The predicted octanol–water partition coefficient (Wildman–Crippen LogP) is 3.21. The van der Waals surface area contributed by atoms with Gasteiger partial charge in [0.2, 0.25) is 5.91 Å². The van der Waals surface area contributed by atoms with Gasteiger partial charge in [-0.05, 0) is 50.9 Å². The minimum atomic E-state index is -4.66. The summed E-state index contributed by atoms with van der Waals surface area (Å²) in [5, 5.41) is 6.38. The number of halogens is 3. The molecule has 7 nitrogen and oxygen atoms in total. The van der Waals surface area contributed by atoms with Crippen LogP contribution in [0, 0.1) is 13.8 Å². The van der Waals surface area contributed by atoms with Crippen LogP contribution in [0.1, 0.15) is 46.7 Å². The second kappa shape index (κ2) is 8.85. The lowest BCUT2D eigenvalue weighted by Gasteiger charge is -2.15. The molecule has 0 unspecified atom stereocenters. The maximum atomic E-state index is 12.9. The normalized spacial score (nSPS) is 14.9. The van der Waals surface area contributed by atoms with Gasteiger partial charge >= 0.3 is 6.18 Å². The van der Waals surface area contributed by atoms with E-state index in [4.69, 9.17) is 0 Å². The van der Waals surface area contributed by atoms with Crippen LogP contribution in [0.2, 0.25) is 0 Å². The molecule has 0 saturated carbocycles. The Morgan fingerprint density at radius 3 is 2.38 bits per heavy atom. The predicted molar refractivity (Wildman–Crippen MR) is 112 cm³/mol. The Kier molecular flexibility index (Phi) is 6.14. The summed E-state index contributed by atoms with van der Waals surface area (Å²) in [6.07, 6.45) is -2.15. The number of likely N-dealkylation sites (tertiary alicyclic amines) is 1. The monoisotopic (exact) mass is 446 g/mol. The maximum absolute atomic E-state index is 12.9. The molecule has 170 valence electrons. The van der Waals surface area contributed by atoms with Gasteiger partial charge in [0.25, 0.3) is 11.6 Å². The fraction of sp³-hybridized carbons (Fsp3) is 0.455. The largest absolute Gasteiger partial charge is 0.453 e. The van der Waals surface area contributed by atoms with Crippen LogP contribution in [-0.4, -0.2) is 43.5 Å². The highest BCUT2D eigenvalue weighted by Gasteiger charge is 2.37. The molecule has 1 fully saturated rings. The first-order valence-corrected chi connectivity index (χ1v) is 10.6. The van der Waals surface area contributed by atoms with Crippen LogP contribution in [0.4, 0.5) is 13.2 Å². The Morgan fingerprint density at radius 2 is 1.72 bits per heavy atom. The van der Waals surface area contributed by atoms with Crippen molar-refractivity contribution in [2.45, 2.75) is 52.4 Å². The molecule has 1 aromatic carbocycles. The number of aromatic nitrogens is 4. The third kappa shape index (κ3) is 4.90. The first-order chi connectivity index (χ1) is 15.2. The first-order valence-electron chi connectivity index (χ1n) is 10.6. The molecular formula is C22H25F3N6O. The smallest absolute Gasteiger partial charge is 0.352 e. The number of fused-ring (bicyclic) bond motifs is 1. The summed E-state index contributed by atoms with van der Waals surface area (Å²) in [4.78, 5) is 22.5. The number of hydrogen-bond acceptors (Lipinski definition) is 5. The van der Waals surface area contributed by atoms with Crippen LogP contribution in [0.3, 0.4) is 0 Å². The second-order valence-electron chi connectivity index (χ2n) is 8.16. The van der Waals surface area contributed by atoms with Gasteiger partial charge in [0.15, 0.2) is 0 Å². The number of rotatable bonds is 6. The number of nitrogens with one attached hydrogen (secondary N) is 1. The molecule has 0 spiro atoms. The Balaban J connectivity index is 1.39. The van der Waals surface area contributed by atoms with Gasteiger partial charge in [0.1, 0.15) is 0 Å². The highest BCUT2D eigenvalue weighted by molar-refractivity contribution is 5.79. The molecule has 32 heavy (non-hydrogen) atoms. The number of aryl methyl sites for hydroxylation is 2. The summed E-state index contributed by atoms with van der Waals surface area (Å²) in [6, 6.07) is 8.16. The van der Waals surface area contributed by atoms with E-state index in [1.54, 1.807) is 13.8 Å². The molecule has 0 radical (unpaired) electrons. The minimum Gasteiger partial charge on any atom is -0.352 e. The number of carbonyl (C=O) groups excluding carboxylic acids is 1. The van der Waals surface area contributed by atoms with E-state index in [1.807, 2.05) is 12.1 Å². The molecule has 4 rings (SSSR count). The van der Waals surface area contributed by atoms with Gasteiger partial charge in [0.05, 0.1) is 6.42 Å². The number of hydrogen-bond donors (Lipinski definition) is 1.